The standard InChI is InChI=1S/C23H19N3O4/c1-15-8-10-17(11-9-15)25-21(27)24-22(28)26(23(25)29)18-12-13-20(16(2)14-18)30-19-6-4-3-5-7-19/h3-14H,1-2H3,(H,24,27,28). The van der Waals surface area contributed by atoms with E-state index in [4.69, 9.17) is 4.74 Å². The highest BCUT2D eigenvalue weighted by Gasteiger charge is 2.14. The fraction of sp³-hybridized carbons (Fsp3) is 0.0870. The van der Waals surface area contributed by atoms with Gasteiger partial charge in [-0.15, -0.1) is 0 Å². The van der Waals surface area contributed by atoms with Crippen molar-refractivity contribution in [2.24, 2.45) is 0 Å². The lowest BCUT2D eigenvalue weighted by Gasteiger charge is -2.12. The first-order chi connectivity index (χ1) is 14.4. The van der Waals surface area contributed by atoms with Gasteiger partial charge in [0, 0.05) is 0 Å². The fourth-order valence-corrected chi connectivity index (χ4v) is 3.13. The average Bonchev–Trinajstić information content (AvgIpc) is 2.72. The Hall–Kier alpha value is -4.13. The summed E-state index contributed by atoms with van der Waals surface area (Å²) in [6.07, 6.45) is 0. The molecule has 0 spiro atoms. The van der Waals surface area contributed by atoms with Crippen LogP contribution in [-0.4, -0.2) is 14.1 Å². The van der Waals surface area contributed by atoms with Gasteiger partial charge in [-0.05, 0) is 61.9 Å². The number of hydrogen-bond donors (Lipinski definition) is 1. The van der Waals surface area contributed by atoms with Crippen molar-refractivity contribution >= 4 is 0 Å². The Balaban J connectivity index is 1.81. The molecule has 0 amide bonds. The van der Waals surface area contributed by atoms with Crippen molar-refractivity contribution in [2.75, 3.05) is 0 Å². The van der Waals surface area contributed by atoms with Crippen LogP contribution in [0.2, 0.25) is 0 Å². The molecule has 0 unspecified atom stereocenters. The van der Waals surface area contributed by atoms with Crippen molar-refractivity contribution in [3.8, 4) is 22.9 Å². The van der Waals surface area contributed by atoms with Gasteiger partial charge < -0.3 is 4.74 Å². The zero-order chi connectivity index (χ0) is 21.3. The van der Waals surface area contributed by atoms with Gasteiger partial charge in [-0.1, -0.05) is 35.9 Å². The minimum Gasteiger partial charge on any atom is -0.457 e. The van der Waals surface area contributed by atoms with E-state index < -0.39 is 17.1 Å². The molecule has 0 aliphatic carbocycles. The molecule has 30 heavy (non-hydrogen) atoms. The summed E-state index contributed by atoms with van der Waals surface area (Å²) in [5.74, 6) is 1.28. The van der Waals surface area contributed by atoms with Crippen LogP contribution in [0.4, 0.5) is 0 Å². The molecule has 0 aliphatic rings. The van der Waals surface area contributed by atoms with Crippen LogP contribution in [0.3, 0.4) is 0 Å². The molecule has 1 aromatic heterocycles. The Bertz CT molecular complexity index is 1380. The number of aryl methyl sites for hydroxylation is 2. The summed E-state index contributed by atoms with van der Waals surface area (Å²) in [5, 5.41) is 0. The topological polar surface area (TPSA) is 86.1 Å². The molecule has 0 saturated carbocycles. The molecule has 1 N–H and O–H groups in total. The molecular weight excluding hydrogens is 382 g/mol. The van der Waals surface area contributed by atoms with E-state index in [2.05, 4.69) is 4.98 Å². The second-order valence-corrected chi connectivity index (χ2v) is 6.89. The van der Waals surface area contributed by atoms with Crippen molar-refractivity contribution in [2.45, 2.75) is 13.8 Å². The summed E-state index contributed by atoms with van der Waals surface area (Å²) in [6.45, 7) is 3.72. The maximum absolute atomic E-state index is 13.1. The van der Waals surface area contributed by atoms with Crippen LogP contribution in [0.15, 0.2) is 87.2 Å². The van der Waals surface area contributed by atoms with Crippen molar-refractivity contribution in [3.63, 3.8) is 0 Å². The lowest BCUT2D eigenvalue weighted by atomic mass is 10.2. The van der Waals surface area contributed by atoms with E-state index >= 15 is 0 Å². The number of aromatic nitrogens is 3. The molecule has 7 nitrogen and oxygen atoms in total. The number of ether oxygens (including phenoxy) is 1. The maximum Gasteiger partial charge on any atom is 0.345 e. The number of nitrogens with one attached hydrogen (secondary N) is 1. The van der Waals surface area contributed by atoms with E-state index in [1.54, 1.807) is 42.5 Å². The number of rotatable bonds is 4. The highest BCUT2D eigenvalue weighted by atomic mass is 16.5. The Kier molecular flexibility index (Phi) is 4.93. The maximum atomic E-state index is 13.1. The quantitative estimate of drug-likeness (QED) is 0.569. The monoisotopic (exact) mass is 401 g/mol. The van der Waals surface area contributed by atoms with Crippen molar-refractivity contribution < 1.29 is 4.74 Å². The first-order valence-electron chi connectivity index (χ1n) is 9.33. The third kappa shape index (κ3) is 3.60. The van der Waals surface area contributed by atoms with Gasteiger partial charge >= 0.3 is 17.1 Å². The number of hydrogen-bond acceptors (Lipinski definition) is 4. The molecule has 1 heterocycles. The zero-order valence-electron chi connectivity index (χ0n) is 16.5. The molecule has 7 heteroatoms. The van der Waals surface area contributed by atoms with Gasteiger partial charge in [-0.25, -0.2) is 23.5 Å². The van der Waals surface area contributed by atoms with Gasteiger partial charge in [0.05, 0.1) is 11.4 Å². The van der Waals surface area contributed by atoms with Gasteiger partial charge in [-0.2, -0.15) is 0 Å². The lowest BCUT2D eigenvalue weighted by Crippen LogP contribution is -2.48. The first kappa shape index (κ1) is 19.2. The van der Waals surface area contributed by atoms with E-state index in [1.165, 1.54) is 0 Å². The second kappa shape index (κ2) is 7.71. The van der Waals surface area contributed by atoms with Gasteiger partial charge in [0.25, 0.3) is 0 Å². The molecule has 0 atom stereocenters. The van der Waals surface area contributed by atoms with Crippen LogP contribution in [0.1, 0.15) is 11.1 Å². The number of para-hydroxylation sites is 1. The van der Waals surface area contributed by atoms with Crippen molar-refractivity contribution in [1.82, 2.24) is 14.1 Å². The predicted octanol–water partition coefficient (Wildman–Crippen LogP) is 3.09. The molecule has 4 aromatic rings. The zero-order valence-corrected chi connectivity index (χ0v) is 16.5. The molecule has 4 rings (SSSR count). The van der Waals surface area contributed by atoms with Crippen molar-refractivity contribution in [1.29, 1.82) is 0 Å². The van der Waals surface area contributed by atoms with Gasteiger partial charge in [0.1, 0.15) is 11.5 Å². The van der Waals surface area contributed by atoms with Crippen LogP contribution in [0, 0.1) is 13.8 Å². The highest BCUT2D eigenvalue weighted by molar-refractivity contribution is 5.45. The molecule has 0 aliphatic heterocycles. The summed E-state index contributed by atoms with van der Waals surface area (Å²) in [7, 11) is 0. The third-order valence-corrected chi connectivity index (χ3v) is 4.68. The van der Waals surface area contributed by atoms with Crippen LogP contribution in [-0.2, 0) is 0 Å². The first-order valence-corrected chi connectivity index (χ1v) is 9.33. The Morgan fingerprint density at radius 1 is 0.733 bits per heavy atom. The number of aromatic amines is 1. The summed E-state index contributed by atoms with van der Waals surface area (Å²) in [5.41, 5.74) is 0.0948. The van der Waals surface area contributed by atoms with E-state index in [9.17, 15) is 14.4 Å². The minimum atomic E-state index is -0.801. The van der Waals surface area contributed by atoms with Crippen LogP contribution in [0.5, 0.6) is 11.5 Å². The normalized spacial score (nSPS) is 10.7. The molecule has 150 valence electrons. The van der Waals surface area contributed by atoms with Crippen LogP contribution < -0.4 is 21.8 Å². The van der Waals surface area contributed by atoms with Gasteiger partial charge in [0.2, 0.25) is 0 Å². The Labute approximate surface area is 171 Å². The second-order valence-electron chi connectivity index (χ2n) is 6.89. The lowest BCUT2D eigenvalue weighted by molar-refractivity contribution is 0.478. The summed E-state index contributed by atoms with van der Waals surface area (Å²) in [4.78, 5) is 40.1. The van der Waals surface area contributed by atoms with Gasteiger partial charge in [0.15, 0.2) is 0 Å². The largest absolute Gasteiger partial charge is 0.457 e. The fourth-order valence-electron chi connectivity index (χ4n) is 3.13. The highest BCUT2D eigenvalue weighted by Crippen LogP contribution is 2.26. The van der Waals surface area contributed by atoms with Crippen LogP contribution in [0.25, 0.3) is 11.4 Å². The SMILES string of the molecule is Cc1ccc(-n2c(=O)[nH]c(=O)n(-c3ccc(Oc4ccccc4)c(C)c3)c2=O)cc1. The Morgan fingerprint density at radius 2 is 1.33 bits per heavy atom. The molecule has 0 radical (unpaired) electrons. The van der Waals surface area contributed by atoms with Crippen molar-refractivity contribution in [3.05, 3.63) is 115 Å². The Morgan fingerprint density at radius 3 is 1.97 bits per heavy atom. The molecular formula is C23H19N3O4. The summed E-state index contributed by atoms with van der Waals surface area (Å²) >= 11 is 0. The minimum absolute atomic E-state index is 0.333. The molecule has 0 bridgehead atoms. The molecule has 3 aromatic carbocycles. The number of nitrogens with zero attached hydrogens (tertiary/aromatic N) is 2. The number of H-pyrrole nitrogens is 1. The van der Waals surface area contributed by atoms with E-state index in [0.717, 1.165) is 20.3 Å². The van der Waals surface area contributed by atoms with E-state index in [0.29, 0.717) is 22.9 Å². The van der Waals surface area contributed by atoms with Crippen LogP contribution >= 0.6 is 0 Å². The van der Waals surface area contributed by atoms with E-state index in [-0.39, 0.29) is 0 Å². The third-order valence-electron chi connectivity index (χ3n) is 4.68. The smallest absolute Gasteiger partial charge is 0.345 e. The van der Waals surface area contributed by atoms with E-state index in [1.807, 2.05) is 44.2 Å². The average molecular weight is 401 g/mol. The molecule has 0 fully saturated rings. The summed E-state index contributed by atoms with van der Waals surface area (Å²) < 4.78 is 7.72. The predicted molar refractivity (Wildman–Crippen MR) is 114 cm³/mol. The van der Waals surface area contributed by atoms with Gasteiger partial charge in [-0.3, -0.25) is 4.98 Å². The number of benzene rings is 3. The molecule has 0 saturated heterocycles. The summed E-state index contributed by atoms with van der Waals surface area (Å²) in [6, 6.07) is 21.1.